The molecule has 3 aromatic rings. The number of ether oxygens (including phenoxy) is 1. The molecule has 0 fully saturated rings. The van der Waals surface area contributed by atoms with Gasteiger partial charge in [-0.15, -0.1) is 0 Å². The van der Waals surface area contributed by atoms with E-state index in [0.717, 1.165) is 22.9 Å². The molecule has 0 saturated carbocycles. The van der Waals surface area contributed by atoms with Gasteiger partial charge in [0.1, 0.15) is 5.75 Å². The van der Waals surface area contributed by atoms with E-state index in [0.29, 0.717) is 5.76 Å². The van der Waals surface area contributed by atoms with Crippen molar-refractivity contribution < 1.29 is 13.6 Å². The zero-order valence-electron chi connectivity index (χ0n) is 11.2. The molecule has 0 unspecified atom stereocenters. The van der Waals surface area contributed by atoms with Crippen LogP contribution in [0.1, 0.15) is 0 Å². The van der Waals surface area contributed by atoms with E-state index in [-0.39, 0.29) is 0 Å². The first-order valence-electron chi connectivity index (χ1n) is 6.13. The van der Waals surface area contributed by atoms with Gasteiger partial charge in [-0.3, -0.25) is 0 Å². The van der Waals surface area contributed by atoms with Crippen LogP contribution >= 0.6 is 0 Å². The molecule has 0 aliphatic rings. The lowest BCUT2D eigenvalue weighted by atomic mass is 10.1. The summed E-state index contributed by atoms with van der Waals surface area (Å²) in [5.74, 6) is 2.16. The van der Waals surface area contributed by atoms with Crippen LogP contribution in [0.5, 0.6) is 5.75 Å². The number of hydrogen-bond acceptors (Lipinski definition) is 5. The van der Waals surface area contributed by atoms with Crippen molar-refractivity contribution in [2.75, 3.05) is 19.1 Å². The Morgan fingerprint density at radius 3 is 2.75 bits per heavy atom. The number of furan rings is 1. The molecule has 1 aromatic carbocycles. The monoisotopic (exact) mass is 270 g/mol. The molecule has 2 heterocycles. The highest BCUT2D eigenvalue weighted by Gasteiger charge is 2.13. The average Bonchev–Trinajstić information content (AvgIpc) is 3.18. The summed E-state index contributed by atoms with van der Waals surface area (Å²) < 4.78 is 16.1. The second-order valence-corrected chi connectivity index (χ2v) is 4.26. The molecular formula is C15H14N2O3. The van der Waals surface area contributed by atoms with E-state index in [1.54, 1.807) is 19.6 Å². The maximum Gasteiger partial charge on any atom is 0.199 e. The Morgan fingerprint density at radius 2 is 2.10 bits per heavy atom. The standard InChI is InChI=1S/C15H14N2O3/c1-17(15-4-3-7-19-15)11-5-6-12(13(8-11)18-2)14-9-16-10-20-14/h3-10H,1-2H3. The Bertz CT molecular complexity index is 675. The molecule has 2 aromatic heterocycles. The summed E-state index contributed by atoms with van der Waals surface area (Å²) in [6.45, 7) is 0. The van der Waals surface area contributed by atoms with Crippen LogP contribution in [0, 0.1) is 0 Å². The third-order valence-corrected chi connectivity index (χ3v) is 3.11. The van der Waals surface area contributed by atoms with E-state index in [9.17, 15) is 0 Å². The summed E-state index contributed by atoms with van der Waals surface area (Å²) in [6.07, 6.45) is 4.71. The number of benzene rings is 1. The summed E-state index contributed by atoms with van der Waals surface area (Å²) in [5, 5.41) is 0. The van der Waals surface area contributed by atoms with E-state index in [4.69, 9.17) is 13.6 Å². The molecule has 0 N–H and O–H groups in total. The summed E-state index contributed by atoms with van der Waals surface area (Å²) in [6, 6.07) is 9.60. The third-order valence-electron chi connectivity index (χ3n) is 3.11. The minimum atomic E-state index is 0.675. The molecule has 0 atom stereocenters. The van der Waals surface area contributed by atoms with Crippen LogP contribution in [-0.2, 0) is 0 Å². The predicted molar refractivity (Wildman–Crippen MR) is 75.3 cm³/mol. The van der Waals surface area contributed by atoms with E-state index in [1.165, 1.54) is 6.39 Å². The summed E-state index contributed by atoms with van der Waals surface area (Å²) >= 11 is 0. The number of methoxy groups -OCH3 is 1. The zero-order chi connectivity index (χ0) is 13.9. The van der Waals surface area contributed by atoms with Crippen LogP contribution in [0.15, 0.2) is 58.0 Å². The largest absolute Gasteiger partial charge is 0.496 e. The van der Waals surface area contributed by atoms with Crippen LogP contribution in [0.4, 0.5) is 11.6 Å². The number of oxazole rings is 1. The number of nitrogens with zero attached hydrogens (tertiary/aromatic N) is 2. The van der Waals surface area contributed by atoms with Gasteiger partial charge >= 0.3 is 0 Å². The molecule has 20 heavy (non-hydrogen) atoms. The molecule has 0 aliphatic heterocycles. The Balaban J connectivity index is 1.99. The minimum absolute atomic E-state index is 0.675. The van der Waals surface area contributed by atoms with Crippen LogP contribution < -0.4 is 9.64 Å². The van der Waals surface area contributed by atoms with Gasteiger partial charge in [-0.05, 0) is 18.2 Å². The van der Waals surface area contributed by atoms with Crippen LogP contribution in [0.2, 0.25) is 0 Å². The summed E-state index contributed by atoms with van der Waals surface area (Å²) in [5.41, 5.74) is 1.82. The van der Waals surface area contributed by atoms with Gasteiger partial charge in [0.05, 0.1) is 25.1 Å². The fraction of sp³-hybridized carbons (Fsp3) is 0.133. The van der Waals surface area contributed by atoms with Crippen LogP contribution in [0.3, 0.4) is 0 Å². The fourth-order valence-electron chi connectivity index (χ4n) is 2.03. The molecule has 5 heteroatoms. The van der Waals surface area contributed by atoms with Gasteiger partial charge in [-0.1, -0.05) is 0 Å². The highest BCUT2D eigenvalue weighted by molar-refractivity contribution is 5.71. The second-order valence-electron chi connectivity index (χ2n) is 4.26. The number of rotatable bonds is 4. The normalized spacial score (nSPS) is 10.5. The van der Waals surface area contributed by atoms with Crippen LogP contribution in [0.25, 0.3) is 11.3 Å². The molecule has 0 spiro atoms. The number of hydrogen-bond donors (Lipinski definition) is 0. The van der Waals surface area contributed by atoms with Crippen molar-refractivity contribution in [1.29, 1.82) is 0 Å². The van der Waals surface area contributed by atoms with E-state index < -0.39 is 0 Å². The van der Waals surface area contributed by atoms with Crippen molar-refractivity contribution in [3.63, 3.8) is 0 Å². The molecule has 0 aliphatic carbocycles. The van der Waals surface area contributed by atoms with Gasteiger partial charge in [-0.2, -0.15) is 0 Å². The maximum atomic E-state index is 5.43. The van der Waals surface area contributed by atoms with Gasteiger partial charge < -0.3 is 18.5 Å². The summed E-state index contributed by atoms with van der Waals surface area (Å²) in [4.78, 5) is 5.86. The lowest BCUT2D eigenvalue weighted by molar-refractivity contribution is 0.414. The van der Waals surface area contributed by atoms with Gasteiger partial charge in [-0.25, -0.2) is 4.98 Å². The van der Waals surface area contributed by atoms with Gasteiger partial charge in [0.2, 0.25) is 0 Å². The van der Waals surface area contributed by atoms with Gasteiger partial charge in [0.25, 0.3) is 0 Å². The smallest absolute Gasteiger partial charge is 0.199 e. The van der Waals surface area contributed by atoms with Crippen molar-refractivity contribution in [3.05, 3.63) is 49.2 Å². The first kappa shape index (κ1) is 12.3. The Hall–Kier alpha value is -2.69. The number of anilines is 2. The lowest BCUT2D eigenvalue weighted by Gasteiger charge is -2.17. The average molecular weight is 270 g/mol. The van der Waals surface area contributed by atoms with Crippen molar-refractivity contribution in [2.45, 2.75) is 0 Å². The molecule has 0 bridgehead atoms. The molecule has 0 saturated heterocycles. The molecule has 0 radical (unpaired) electrons. The van der Waals surface area contributed by atoms with E-state index >= 15 is 0 Å². The Labute approximate surface area is 116 Å². The molecule has 0 amide bonds. The highest BCUT2D eigenvalue weighted by atomic mass is 16.5. The fourth-order valence-corrected chi connectivity index (χ4v) is 2.03. The second kappa shape index (κ2) is 5.13. The minimum Gasteiger partial charge on any atom is -0.496 e. The number of aromatic nitrogens is 1. The summed E-state index contributed by atoms with van der Waals surface area (Å²) in [7, 11) is 3.56. The lowest BCUT2D eigenvalue weighted by Crippen LogP contribution is -2.08. The Morgan fingerprint density at radius 1 is 1.20 bits per heavy atom. The van der Waals surface area contributed by atoms with E-state index in [1.807, 2.05) is 42.3 Å². The van der Waals surface area contributed by atoms with Gasteiger partial charge in [0.15, 0.2) is 18.0 Å². The molecule has 3 rings (SSSR count). The van der Waals surface area contributed by atoms with Crippen molar-refractivity contribution in [1.82, 2.24) is 4.98 Å². The van der Waals surface area contributed by atoms with Gasteiger partial charge in [0, 0.05) is 24.9 Å². The highest BCUT2D eigenvalue weighted by Crippen LogP contribution is 2.35. The first-order chi connectivity index (χ1) is 9.79. The molecular weight excluding hydrogens is 256 g/mol. The van der Waals surface area contributed by atoms with E-state index in [2.05, 4.69) is 4.98 Å². The zero-order valence-corrected chi connectivity index (χ0v) is 11.2. The first-order valence-corrected chi connectivity index (χ1v) is 6.13. The van der Waals surface area contributed by atoms with Crippen molar-refractivity contribution in [2.24, 2.45) is 0 Å². The van der Waals surface area contributed by atoms with Crippen molar-refractivity contribution >= 4 is 11.6 Å². The van der Waals surface area contributed by atoms with Crippen molar-refractivity contribution in [3.8, 4) is 17.1 Å². The quantitative estimate of drug-likeness (QED) is 0.723. The molecule has 102 valence electrons. The maximum absolute atomic E-state index is 5.43. The van der Waals surface area contributed by atoms with Crippen LogP contribution in [-0.4, -0.2) is 19.1 Å². The SMILES string of the molecule is COc1cc(N(C)c2ccco2)ccc1-c1cnco1. The predicted octanol–water partition coefficient (Wildman–Crippen LogP) is 3.71. The molecule has 5 nitrogen and oxygen atoms in total. The third kappa shape index (κ3) is 2.14. The Kier molecular flexibility index (Phi) is 3.16. The topological polar surface area (TPSA) is 51.6 Å².